The summed E-state index contributed by atoms with van der Waals surface area (Å²) in [4.78, 5) is 14.9. The van der Waals surface area contributed by atoms with Gasteiger partial charge in [0.25, 0.3) is 0 Å². The van der Waals surface area contributed by atoms with E-state index < -0.39 is 6.09 Å². The van der Waals surface area contributed by atoms with E-state index in [-0.39, 0.29) is 18.7 Å². The number of aromatic nitrogens is 1. The molecule has 0 saturated heterocycles. The third-order valence-corrected chi connectivity index (χ3v) is 3.91. The highest BCUT2D eigenvalue weighted by atomic mass is 32.1. The minimum Gasteiger partial charge on any atom is -0.489 e. The molecule has 1 aromatic carbocycles. The number of amides is 1. The van der Waals surface area contributed by atoms with Gasteiger partial charge in [0.15, 0.2) is 5.13 Å². The molecular formula is C15H18FN3O3S. The van der Waals surface area contributed by atoms with Crippen molar-refractivity contribution in [1.29, 1.82) is 0 Å². The van der Waals surface area contributed by atoms with Gasteiger partial charge >= 0.3 is 6.09 Å². The van der Waals surface area contributed by atoms with Crippen molar-refractivity contribution in [2.45, 2.75) is 13.3 Å². The molecule has 0 radical (unpaired) electrons. The molecule has 0 atom stereocenters. The second-order valence-electron chi connectivity index (χ2n) is 4.79. The van der Waals surface area contributed by atoms with Gasteiger partial charge in [-0.1, -0.05) is 18.3 Å². The van der Waals surface area contributed by atoms with Gasteiger partial charge in [-0.2, -0.15) is 0 Å². The Bertz CT molecular complexity index is 702. The fraction of sp³-hybridized carbons (Fsp3) is 0.333. The Hall–Kier alpha value is -2.35. The maximum Gasteiger partial charge on any atom is 0.404 e. The van der Waals surface area contributed by atoms with Crippen LogP contribution in [0, 0.1) is 0 Å². The molecular weight excluding hydrogens is 321 g/mol. The van der Waals surface area contributed by atoms with Crippen molar-refractivity contribution >= 4 is 32.8 Å². The summed E-state index contributed by atoms with van der Waals surface area (Å²) >= 11 is 1.52. The van der Waals surface area contributed by atoms with Gasteiger partial charge in [-0.15, -0.1) is 0 Å². The largest absolute Gasteiger partial charge is 0.489 e. The van der Waals surface area contributed by atoms with Crippen LogP contribution in [0.3, 0.4) is 0 Å². The molecule has 0 aliphatic heterocycles. The summed E-state index contributed by atoms with van der Waals surface area (Å²) < 4.78 is 19.2. The van der Waals surface area contributed by atoms with Gasteiger partial charge < -0.3 is 20.5 Å². The summed E-state index contributed by atoms with van der Waals surface area (Å²) in [5.74, 6) is 0.581. The third kappa shape index (κ3) is 5.10. The zero-order valence-electron chi connectivity index (χ0n) is 12.6. The summed E-state index contributed by atoms with van der Waals surface area (Å²) in [6.45, 7) is 2.81. The number of carboxylic acid groups (broad SMARTS) is 1. The lowest BCUT2D eigenvalue weighted by atomic mass is 10.3. The maximum atomic E-state index is 12.7. The SMILES string of the molecule is CCCNc1nc2ccc(OC/C(=C/F)CNC(=O)O)cc2s1. The lowest BCUT2D eigenvalue weighted by molar-refractivity contribution is 0.195. The van der Waals surface area contributed by atoms with Crippen LogP contribution in [0.15, 0.2) is 30.1 Å². The van der Waals surface area contributed by atoms with Crippen LogP contribution in [0.4, 0.5) is 14.3 Å². The maximum absolute atomic E-state index is 12.7. The summed E-state index contributed by atoms with van der Waals surface area (Å²) in [7, 11) is 0. The van der Waals surface area contributed by atoms with Gasteiger partial charge in [0.05, 0.1) is 16.5 Å². The predicted octanol–water partition coefficient (Wildman–Crippen LogP) is 3.62. The minimum absolute atomic E-state index is 0.0258. The number of benzene rings is 1. The van der Waals surface area contributed by atoms with Gasteiger partial charge in [-0.25, -0.2) is 14.2 Å². The highest BCUT2D eigenvalue weighted by molar-refractivity contribution is 7.22. The number of hydrogen-bond donors (Lipinski definition) is 3. The molecule has 2 rings (SSSR count). The van der Waals surface area contributed by atoms with Crippen molar-refractivity contribution in [3.8, 4) is 5.75 Å². The van der Waals surface area contributed by atoms with E-state index in [4.69, 9.17) is 9.84 Å². The normalized spacial score (nSPS) is 11.5. The van der Waals surface area contributed by atoms with E-state index in [1.165, 1.54) is 11.3 Å². The number of carbonyl (C=O) groups is 1. The molecule has 0 bridgehead atoms. The Morgan fingerprint density at radius 2 is 2.35 bits per heavy atom. The topological polar surface area (TPSA) is 83.5 Å². The molecule has 1 aromatic heterocycles. The van der Waals surface area contributed by atoms with Gasteiger partial charge in [-0.3, -0.25) is 0 Å². The molecule has 0 fully saturated rings. The van der Waals surface area contributed by atoms with E-state index in [0.717, 1.165) is 28.3 Å². The van der Waals surface area contributed by atoms with Crippen LogP contribution in [0.5, 0.6) is 5.75 Å². The molecule has 0 spiro atoms. The van der Waals surface area contributed by atoms with Crippen molar-refractivity contribution < 1.29 is 19.0 Å². The molecule has 0 unspecified atom stereocenters. The number of rotatable bonds is 8. The van der Waals surface area contributed by atoms with Crippen LogP contribution >= 0.6 is 11.3 Å². The van der Waals surface area contributed by atoms with Gasteiger partial charge in [-0.05, 0) is 24.6 Å². The quantitative estimate of drug-likeness (QED) is 0.684. The number of thiazole rings is 1. The molecule has 0 aliphatic rings. The number of anilines is 1. The molecule has 23 heavy (non-hydrogen) atoms. The number of ether oxygens (including phenoxy) is 1. The lowest BCUT2D eigenvalue weighted by Gasteiger charge is -2.08. The van der Waals surface area contributed by atoms with E-state index in [1.54, 1.807) is 6.07 Å². The minimum atomic E-state index is -1.21. The molecule has 0 saturated carbocycles. The molecule has 1 amide bonds. The van der Waals surface area contributed by atoms with Gasteiger partial charge in [0.1, 0.15) is 12.4 Å². The van der Waals surface area contributed by atoms with Crippen LogP contribution in [0.2, 0.25) is 0 Å². The van der Waals surface area contributed by atoms with Crippen LogP contribution in [0.25, 0.3) is 10.2 Å². The predicted molar refractivity (Wildman–Crippen MR) is 89.1 cm³/mol. The van der Waals surface area contributed by atoms with E-state index in [9.17, 15) is 9.18 Å². The van der Waals surface area contributed by atoms with Gasteiger partial charge in [0.2, 0.25) is 0 Å². The molecule has 124 valence electrons. The van der Waals surface area contributed by atoms with Crippen LogP contribution < -0.4 is 15.4 Å². The lowest BCUT2D eigenvalue weighted by Crippen LogP contribution is -2.25. The van der Waals surface area contributed by atoms with Crippen LogP contribution in [-0.4, -0.2) is 35.9 Å². The van der Waals surface area contributed by atoms with Crippen LogP contribution in [-0.2, 0) is 0 Å². The number of halogens is 1. The summed E-state index contributed by atoms with van der Waals surface area (Å²) in [5.41, 5.74) is 1.08. The number of fused-ring (bicyclic) bond motifs is 1. The Morgan fingerprint density at radius 1 is 1.52 bits per heavy atom. The first-order valence-electron chi connectivity index (χ1n) is 7.14. The van der Waals surface area contributed by atoms with E-state index in [2.05, 4.69) is 22.5 Å². The monoisotopic (exact) mass is 339 g/mol. The van der Waals surface area contributed by atoms with Crippen molar-refractivity contribution in [2.24, 2.45) is 0 Å². The molecule has 0 aliphatic carbocycles. The first-order valence-corrected chi connectivity index (χ1v) is 7.96. The molecule has 6 nitrogen and oxygen atoms in total. The average Bonchev–Trinajstić information content (AvgIpc) is 2.94. The zero-order valence-corrected chi connectivity index (χ0v) is 13.5. The van der Waals surface area contributed by atoms with E-state index in [1.807, 2.05) is 12.1 Å². The van der Waals surface area contributed by atoms with Crippen LogP contribution in [0.1, 0.15) is 13.3 Å². The molecule has 1 heterocycles. The standard InChI is InChI=1S/C15H18FN3O3S/c1-2-5-17-14-19-12-4-3-11(6-13(12)23-14)22-9-10(7-16)8-18-15(20)21/h3-4,6-7,18H,2,5,8-9H2,1H3,(H,17,19)(H,20,21)/b10-7+. The smallest absolute Gasteiger partial charge is 0.404 e. The number of nitrogens with zero attached hydrogens (tertiary/aromatic N) is 1. The van der Waals surface area contributed by atoms with E-state index in [0.29, 0.717) is 12.1 Å². The van der Waals surface area contributed by atoms with Gasteiger partial charge in [0, 0.05) is 18.7 Å². The molecule has 3 N–H and O–H groups in total. The molecule has 8 heteroatoms. The summed E-state index contributed by atoms with van der Waals surface area (Å²) in [5, 5.41) is 14.7. The molecule has 2 aromatic rings. The number of hydrogen-bond acceptors (Lipinski definition) is 5. The van der Waals surface area contributed by atoms with Crippen molar-refractivity contribution in [3.63, 3.8) is 0 Å². The second-order valence-corrected chi connectivity index (χ2v) is 5.82. The first-order chi connectivity index (χ1) is 11.1. The average molecular weight is 339 g/mol. The Labute approximate surface area is 137 Å². The van der Waals surface area contributed by atoms with Crippen molar-refractivity contribution in [3.05, 3.63) is 30.1 Å². The highest BCUT2D eigenvalue weighted by Gasteiger charge is 2.06. The first kappa shape index (κ1) is 17.0. The van der Waals surface area contributed by atoms with E-state index >= 15 is 0 Å². The van der Waals surface area contributed by atoms with Crippen molar-refractivity contribution in [2.75, 3.05) is 25.0 Å². The second kappa shape index (κ2) is 8.33. The Balaban J connectivity index is 1.98. The van der Waals surface area contributed by atoms with Crippen molar-refractivity contribution in [1.82, 2.24) is 10.3 Å². The zero-order chi connectivity index (χ0) is 16.7. The third-order valence-electron chi connectivity index (χ3n) is 2.93. The summed E-state index contributed by atoms with van der Waals surface area (Å²) in [6, 6.07) is 5.43. The fourth-order valence-corrected chi connectivity index (χ4v) is 2.71. The summed E-state index contributed by atoms with van der Waals surface area (Å²) in [6.07, 6.45) is 0.170. The Kier molecular flexibility index (Phi) is 6.16. The highest BCUT2D eigenvalue weighted by Crippen LogP contribution is 2.29. The fourth-order valence-electron chi connectivity index (χ4n) is 1.79. The Morgan fingerprint density at radius 3 is 3.04 bits per heavy atom. The number of nitrogens with one attached hydrogen (secondary N) is 2.